The van der Waals surface area contributed by atoms with E-state index in [4.69, 9.17) is 0 Å². The maximum atomic E-state index is 11.9. The van der Waals surface area contributed by atoms with Crippen LogP contribution < -0.4 is 5.43 Å². The first-order chi connectivity index (χ1) is 9.89. The summed E-state index contributed by atoms with van der Waals surface area (Å²) in [5, 5.41) is 4.04. The molecule has 1 aromatic carbocycles. The first-order valence-electron chi connectivity index (χ1n) is 6.45. The highest BCUT2D eigenvalue weighted by Crippen LogP contribution is 2.45. The highest BCUT2D eigenvalue weighted by Gasteiger charge is 2.32. The van der Waals surface area contributed by atoms with E-state index in [2.05, 4.69) is 49.3 Å². The lowest BCUT2D eigenvalue weighted by molar-refractivity contribution is -0.121. The molecule has 0 spiro atoms. The quantitative estimate of drug-likeness (QED) is 0.538. The zero-order valence-corrected chi connectivity index (χ0v) is 16.6. The van der Waals surface area contributed by atoms with Crippen molar-refractivity contribution in [2.75, 3.05) is 11.5 Å². The van der Waals surface area contributed by atoms with E-state index in [-0.39, 0.29) is 9.99 Å². The van der Waals surface area contributed by atoms with Crippen LogP contribution >= 0.6 is 55.4 Å². The molecule has 0 radical (unpaired) electrons. The Labute approximate surface area is 150 Å². The Balaban J connectivity index is 1.91. The van der Waals surface area contributed by atoms with E-state index >= 15 is 0 Å². The lowest BCUT2D eigenvalue weighted by Gasteiger charge is -2.19. The van der Waals surface area contributed by atoms with Gasteiger partial charge in [0.1, 0.15) is 0 Å². The lowest BCUT2D eigenvalue weighted by atomic mass is 10.2. The van der Waals surface area contributed by atoms with Crippen LogP contribution in [0.1, 0.15) is 24.5 Å². The second-order valence-corrected chi connectivity index (χ2v) is 10.1. The van der Waals surface area contributed by atoms with Crippen molar-refractivity contribution >= 4 is 67.5 Å². The van der Waals surface area contributed by atoms with Crippen molar-refractivity contribution in [3.05, 3.63) is 32.2 Å². The third-order valence-corrected chi connectivity index (χ3v) is 8.03. The zero-order valence-electron chi connectivity index (χ0n) is 11.8. The molecule has 1 fully saturated rings. The minimum atomic E-state index is -0.0408. The van der Waals surface area contributed by atoms with Crippen LogP contribution in [0, 0.1) is 6.92 Å². The van der Waals surface area contributed by atoms with Crippen molar-refractivity contribution in [2.24, 2.45) is 5.10 Å². The molecule has 2 rings (SSSR count). The van der Waals surface area contributed by atoms with Gasteiger partial charge in [-0.05, 0) is 37.1 Å². The minimum Gasteiger partial charge on any atom is -0.273 e. The maximum Gasteiger partial charge on any atom is 0.242 e. The smallest absolute Gasteiger partial charge is 0.242 e. The van der Waals surface area contributed by atoms with Crippen molar-refractivity contribution in [1.82, 2.24) is 5.43 Å². The third-order valence-electron chi connectivity index (χ3n) is 3.09. The summed E-state index contributed by atoms with van der Waals surface area (Å²) in [6.45, 7) is 4.14. The lowest BCUT2D eigenvalue weighted by Crippen LogP contribution is -2.26. The summed E-state index contributed by atoms with van der Waals surface area (Å²) in [5.41, 5.74) is 4.67. The van der Waals surface area contributed by atoms with E-state index in [0.717, 1.165) is 31.6 Å². The van der Waals surface area contributed by atoms with Gasteiger partial charge in [-0.2, -0.15) is 5.10 Å². The molecule has 0 unspecified atom stereocenters. The molecule has 0 bridgehead atoms. The van der Waals surface area contributed by atoms with Gasteiger partial charge in [0, 0.05) is 20.5 Å². The van der Waals surface area contributed by atoms with Crippen LogP contribution in [0.15, 0.2) is 26.2 Å². The average molecular weight is 452 g/mol. The van der Waals surface area contributed by atoms with Gasteiger partial charge in [-0.15, -0.1) is 23.5 Å². The van der Waals surface area contributed by atoms with Gasteiger partial charge in [-0.1, -0.05) is 31.9 Å². The molecule has 21 heavy (non-hydrogen) atoms. The van der Waals surface area contributed by atoms with Gasteiger partial charge >= 0.3 is 0 Å². The molecule has 3 nitrogen and oxygen atoms in total. The minimum absolute atomic E-state index is 0.00445. The monoisotopic (exact) mass is 450 g/mol. The average Bonchev–Trinajstić information content (AvgIpc) is 2.82. The SMILES string of the molecule is Cc1c(Br)cc(/C=N/NC(=O)CC2(C)SCCS2)cc1Br. The standard InChI is InChI=1S/C14H16Br2N2OS2/c1-9-11(15)5-10(6-12(9)16)8-17-18-13(19)7-14(2)20-3-4-21-14/h5-6,8H,3-4,7H2,1-2H3,(H,18,19)/b17-8+. The van der Waals surface area contributed by atoms with E-state index in [0.29, 0.717) is 6.42 Å². The molecule has 0 saturated carbocycles. The fourth-order valence-corrected chi connectivity index (χ4v) is 5.96. The van der Waals surface area contributed by atoms with Gasteiger partial charge in [0.15, 0.2) is 0 Å². The molecule has 1 aliphatic heterocycles. The Morgan fingerprint density at radius 2 is 1.95 bits per heavy atom. The summed E-state index contributed by atoms with van der Waals surface area (Å²) < 4.78 is 2.02. The van der Waals surface area contributed by atoms with Gasteiger partial charge < -0.3 is 0 Å². The molecule has 1 amide bonds. The van der Waals surface area contributed by atoms with Crippen molar-refractivity contribution in [1.29, 1.82) is 0 Å². The number of carbonyl (C=O) groups excluding carboxylic acids is 1. The largest absolute Gasteiger partial charge is 0.273 e. The molecule has 0 aromatic heterocycles. The third kappa shape index (κ3) is 5.01. The fourth-order valence-electron chi connectivity index (χ4n) is 1.91. The van der Waals surface area contributed by atoms with E-state index in [1.807, 2.05) is 42.6 Å². The Bertz CT molecular complexity index is 549. The molecular formula is C14H16Br2N2OS2. The van der Waals surface area contributed by atoms with Crippen LogP contribution in [0.4, 0.5) is 0 Å². The summed E-state index contributed by atoms with van der Waals surface area (Å²) in [4.78, 5) is 11.9. The second-order valence-electron chi connectivity index (χ2n) is 4.91. The van der Waals surface area contributed by atoms with Crippen molar-refractivity contribution < 1.29 is 4.79 Å². The number of nitrogens with one attached hydrogen (secondary N) is 1. The number of carbonyl (C=O) groups is 1. The summed E-state index contributed by atoms with van der Waals surface area (Å²) >= 11 is 10.7. The van der Waals surface area contributed by atoms with Crippen LogP contribution in [0.3, 0.4) is 0 Å². The number of hydrazone groups is 1. The molecule has 114 valence electrons. The number of amides is 1. The predicted octanol–water partition coefficient (Wildman–Crippen LogP) is 4.56. The van der Waals surface area contributed by atoms with Crippen molar-refractivity contribution in [3.63, 3.8) is 0 Å². The van der Waals surface area contributed by atoms with Crippen molar-refractivity contribution in [3.8, 4) is 0 Å². The number of hydrogen-bond acceptors (Lipinski definition) is 4. The summed E-state index contributed by atoms with van der Waals surface area (Å²) in [7, 11) is 0. The summed E-state index contributed by atoms with van der Waals surface area (Å²) in [5.74, 6) is 2.19. The van der Waals surface area contributed by atoms with Crippen LogP contribution in [-0.4, -0.2) is 27.7 Å². The highest BCUT2D eigenvalue weighted by molar-refractivity contribution is 9.11. The number of nitrogens with zero attached hydrogens (tertiary/aromatic N) is 1. The summed E-state index contributed by atoms with van der Waals surface area (Å²) in [6.07, 6.45) is 2.14. The number of hydrogen-bond donors (Lipinski definition) is 1. The van der Waals surface area contributed by atoms with Gasteiger partial charge in [-0.25, -0.2) is 5.43 Å². The number of thioether (sulfide) groups is 2. The Morgan fingerprint density at radius 3 is 2.52 bits per heavy atom. The predicted molar refractivity (Wildman–Crippen MR) is 100 cm³/mol. The molecule has 1 aliphatic rings. The highest BCUT2D eigenvalue weighted by atomic mass is 79.9. The molecule has 1 N–H and O–H groups in total. The molecular weight excluding hydrogens is 436 g/mol. The van der Waals surface area contributed by atoms with E-state index in [9.17, 15) is 4.79 Å². The second kappa shape index (κ2) is 7.53. The molecule has 1 aromatic rings. The zero-order chi connectivity index (χ0) is 15.5. The van der Waals surface area contributed by atoms with Gasteiger partial charge in [0.2, 0.25) is 5.91 Å². The molecule has 0 aliphatic carbocycles. The van der Waals surface area contributed by atoms with E-state index < -0.39 is 0 Å². The number of benzene rings is 1. The topological polar surface area (TPSA) is 41.5 Å². The Morgan fingerprint density at radius 1 is 1.38 bits per heavy atom. The van der Waals surface area contributed by atoms with Gasteiger partial charge in [0.25, 0.3) is 0 Å². The van der Waals surface area contributed by atoms with E-state index in [1.54, 1.807) is 6.21 Å². The Kier molecular flexibility index (Phi) is 6.23. The number of halogens is 2. The fraction of sp³-hybridized carbons (Fsp3) is 0.429. The van der Waals surface area contributed by atoms with Gasteiger partial charge in [-0.3, -0.25) is 4.79 Å². The molecule has 0 atom stereocenters. The summed E-state index contributed by atoms with van der Waals surface area (Å²) in [6, 6.07) is 3.94. The van der Waals surface area contributed by atoms with Crippen LogP contribution in [0.5, 0.6) is 0 Å². The molecule has 7 heteroatoms. The van der Waals surface area contributed by atoms with Crippen LogP contribution in [0.2, 0.25) is 0 Å². The maximum absolute atomic E-state index is 11.9. The number of rotatable bonds is 4. The normalized spacial score (nSPS) is 17.3. The van der Waals surface area contributed by atoms with Crippen molar-refractivity contribution in [2.45, 2.75) is 24.3 Å². The first-order valence-corrected chi connectivity index (χ1v) is 10.0. The Hall–Kier alpha value is 0.0200. The van der Waals surface area contributed by atoms with Gasteiger partial charge in [0.05, 0.1) is 16.7 Å². The van der Waals surface area contributed by atoms with Crippen LogP contribution in [0.25, 0.3) is 0 Å². The van der Waals surface area contributed by atoms with E-state index in [1.165, 1.54) is 0 Å². The molecule has 1 heterocycles. The van der Waals surface area contributed by atoms with Crippen LogP contribution in [-0.2, 0) is 4.79 Å². The first kappa shape index (κ1) is 17.4. The molecule has 1 saturated heterocycles.